The highest BCUT2D eigenvalue weighted by Gasteiger charge is 2.25. The molecule has 0 saturated heterocycles. The maximum atomic E-state index is 14.2. The molecule has 0 radical (unpaired) electrons. The number of hydrogen-bond acceptors (Lipinski definition) is 9. The number of aliphatic hydroxyl groups excluding tert-OH is 1. The van der Waals surface area contributed by atoms with E-state index in [-0.39, 0.29) is 18.5 Å². The molecule has 11 nitrogen and oxygen atoms in total. The Morgan fingerprint density at radius 2 is 1.89 bits per heavy atom. The van der Waals surface area contributed by atoms with Gasteiger partial charge in [-0.05, 0) is 41.0 Å². The molecule has 2 aromatic carbocycles. The van der Waals surface area contributed by atoms with E-state index < -0.39 is 42.6 Å². The lowest BCUT2D eigenvalue weighted by Crippen LogP contribution is -2.41. The van der Waals surface area contributed by atoms with Gasteiger partial charge in [0.2, 0.25) is 6.79 Å². The van der Waals surface area contributed by atoms with Gasteiger partial charge in [-0.1, -0.05) is 40.7 Å². The lowest BCUT2D eigenvalue weighted by molar-refractivity contribution is -0.172. The third kappa shape index (κ3) is 7.48. The number of carbonyl (C=O) groups is 3. The lowest BCUT2D eigenvalue weighted by Gasteiger charge is -2.21. The molecular formula is C23H22ClFN4O7. The minimum atomic E-state index is -1.65. The van der Waals surface area contributed by atoms with Crippen molar-refractivity contribution in [2.45, 2.75) is 31.9 Å². The van der Waals surface area contributed by atoms with Crippen LogP contribution in [0.4, 0.5) is 4.39 Å². The average molecular weight is 521 g/mol. The minimum absolute atomic E-state index is 0.158. The van der Waals surface area contributed by atoms with Crippen LogP contribution in [0.15, 0.2) is 48.7 Å². The Morgan fingerprint density at radius 1 is 1.17 bits per heavy atom. The number of rotatable bonds is 10. The summed E-state index contributed by atoms with van der Waals surface area (Å²) in [7, 11) is 0. The van der Waals surface area contributed by atoms with Gasteiger partial charge in [0.15, 0.2) is 11.8 Å². The van der Waals surface area contributed by atoms with Crippen LogP contribution in [0.2, 0.25) is 5.02 Å². The SMILES string of the molecule is CC(=O)OCOC(=O)C(O)CC(Cc1ccc(-c2cc(Cl)ccc2F)cc1)NC(=O)c1cn(O)nn1. The van der Waals surface area contributed by atoms with E-state index in [4.69, 9.17) is 16.3 Å². The fraction of sp³-hybridized carbons (Fsp3) is 0.261. The van der Waals surface area contributed by atoms with Gasteiger partial charge in [-0.2, -0.15) is 0 Å². The molecular weight excluding hydrogens is 499 g/mol. The molecule has 3 rings (SSSR count). The molecule has 1 heterocycles. The van der Waals surface area contributed by atoms with Gasteiger partial charge in [0.1, 0.15) is 5.82 Å². The first kappa shape index (κ1) is 26.6. The molecule has 0 saturated carbocycles. The molecule has 36 heavy (non-hydrogen) atoms. The predicted octanol–water partition coefficient (Wildman–Crippen LogP) is 2.13. The summed E-state index contributed by atoms with van der Waals surface area (Å²) in [6, 6.07) is 10.2. The van der Waals surface area contributed by atoms with E-state index in [2.05, 4.69) is 20.4 Å². The number of nitrogens with one attached hydrogen (secondary N) is 1. The summed E-state index contributed by atoms with van der Waals surface area (Å²) in [4.78, 5) is 35.7. The van der Waals surface area contributed by atoms with E-state index in [9.17, 15) is 29.1 Å². The lowest BCUT2D eigenvalue weighted by atomic mass is 9.97. The molecule has 3 N–H and O–H groups in total. The van der Waals surface area contributed by atoms with Gasteiger partial charge in [-0.3, -0.25) is 9.59 Å². The van der Waals surface area contributed by atoms with E-state index in [1.54, 1.807) is 24.3 Å². The van der Waals surface area contributed by atoms with Gasteiger partial charge in [0, 0.05) is 30.0 Å². The number of carbonyl (C=O) groups excluding carboxylic acids is 3. The van der Waals surface area contributed by atoms with Crippen LogP contribution >= 0.6 is 11.6 Å². The average Bonchev–Trinajstić information content (AvgIpc) is 3.27. The molecule has 2 atom stereocenters. The van der Waals surface area contributed by atoms with Crippen LogP contribution in [-0.2, 0) is 25.5 Å². The van der Waals surface area contributed by atoms with Crippen molar-refractivity contribution in [2.24, 2.45) is 0 Å². The zero-order valence-electron chi connectivity index (χ0n) is 18.9. The summed E-state index contributed by atoms with van der Waals surface area (Å²) in [5.41, 5.74) is 1.39. The molecule has 0 aliphatic carbocycles. The van der Waals surface area contributed by atoms with Gasteiger partial charge >= 0.3 is 11.9 Å². The summed E-state index contributed by atoms with van der Waals surface area (Å²) in [6.07, 6.45) is -0.780. The maximum Gasteiger partial charge on any atom is 0.337 e. The summed E-state index contributed by atoms with van der Waals surface area (Å²) in [5.74, 6) is -2.87. The second-order valence-corrected chi connectivity index (χ2v) is 8.12. The standard InChI is InChI=1S/C23H22ClFN4O7/c1-13(30)35-12-36-23(33)21(31)10-17(26-22(32)20-11-29(34)28-27-20)8-14-2-4-15(5-3-14)18-9-16(24)6-7-19(18)25/h2-7,9,11,17,21,31,34H,8,10,12H2,1H3,(H,26,32). The number of ether oxygens (including phenoxy) is 2. The molecule has 190 valence electrons. The van der Waals surface area contributed by atoms with Crippen LogP contribution in [0.1, 0.15) is 29.4 Å². The van der Waals surface area contributed by atoms with Crippen LogP contribution in [0.25, 0.3) is 11.1 Å². The number of aliphatic hydroxyl groups is 1. The highest BCUT2D eigenvalue weighted by molar-refractivity contribution is 6.30. The fourth-order valence-electron chi connectivity index (χ4n) is 3.27. The van der Waals surface area contributed by atoms with E-state index in [0.29, 0.717) is 26.6 Å². The van der Waals surface area contributed by atoms with Crippen molar-refractivity contribution in [1.29, 1.82) is 0 Å². The molecule has 2 unspecified atom stereocenters. The molecule has 0 aliphatic rings. The van der Waals surface area contributed by atoms with E-state index in [0.717, 1.165) is 13.1 Å². The van der Waals surface area contributed by atoms with Gasteiger partial charge in [0.25, 0.3) is 5.91 Å². The van der Waals surface area contributed by atoms with Crippen molar-refractivity contribution >= 4 is 29.4 Å². The number of benzene rings is 2. The quantitative estimate of drug-likeness (QED) is 0.207. The van der Waals surface area contributed by atoms with Gasteiger partial charge < -0.3 is 25.1 Å². The topological polar surface area (TPSA) is 153 Å². The van der Waals surface area contributed by atoms with Crippen LogP contribution in [0.5, 0.6) is 0 Å². The molecule has 3 aromatic rings. The Labute approximate surface area is 209 Å². The largest absolute Gasteiger partial charge is 0.428 e. The molecule has 0 aliphatic heterocycles. The predicted molar refractivity (Wildman–Crippen MR) is 122 cm³/mol. The Morgan fingerprint density at radius 3 is 2.53 bits per heavy atom. The van der Waals surface area contributed by atoms with Gasteiger partial charge in [0.05, 0.1) is 6.20 Å². The van der Waals surface area contributed by atoms with E-state index >= 15 is 0 Å². The van der Waals surface area contributed by atoms with E-state index in [1.807, 2.05) is 0 Å². The molecule has 0 bridgehead atoms. The second kappa shape index (κ2) is 12.1. The number of hydrogen-bond donors (Lipinski definition) is 3. The zero-order chi connectivity index (χ0) is 26.2. The van der Waals surface area contributed by atoms with Crippen LogP contribution in [0, 0.1) is 5.82 Å². The second-order valence-electron chi connectivity index (χ2n) is 7.69. The molecule has 1 aromatic heterocycles. The first-order valence-electron chi connectivity index (χ1n) is 10.6. The van der Waals surface area contributed by atoms with Crippen molar-refractivity contribution < 1.29 is 38.6 Å². The zero-order valence-corrected chi connectivity index (χ0v) is 19.7. The number of amides is 1. The maximum absolute atomic E-state index is 14.2. The Hall–Kier alpha value is -4.03. The number of nitrogens with zero attached hydrogens (tertiary/aromatic N) is 3. The van der Waals surface area contributed by atoms with Crippen molar-refractivity contribution in [3.63, 3.8) is 0 Å². The number of esters is 2. The summed E-state index contributed by atoms with van der Waals surface area (Å²) < 4.78 is 23.4. The van der Waals surface area contributed by atoms with Crippen LogP contribution in [-0.4, -0.2) is 62.3 Å². The Balaban J connectivity index is 1.73. The monoisotopic (exact) mass is 520 g/mol. The van der Waals surface area contributed by atoms with Crippen LogP contribution in [0.3, 0.4) is 0 Å². The first-order valence-corrected chi connectivity index (χ1v) is 10.9. The van der Waals surface area contributed by atoms with E-state index in [1.165, 1.54) is 18.2 Å². The Bertz CT molecular complexity index is 1240. The molecule has 13 heteroatoms. The minimum Gasteiger partial charge on any atom is -0.428 e. The van der Waals surface area contributed by atoms with Gasteiger partial charge in [-0.25, -0.2) is 9.18 Å². The first-order chi connectivity index (χ1) is 17.1. The van der Waals surface area contributed by atoms with Crippen molar-refractivity contribution in [3.8, 4) is 11.1 Å². The van der Waals surface area contributed by atoms with Crippen LogP contribution < -0.4 is 5.32 Å². The van der Waals surface area contributed by atoms with Gasteiger partial charge in [-0.15, -0.1) is 5.10 Å². The molecule has 0 spiro atoms. The highest BCUT2D eigenvalue weighted by atomic mass is 35.5. The number of halogens is 2. The smallest absolute Gasteiger partial charge is 0.337 e. The Kier molecular flexibility index (Phi) is 8.92. The fourth-order valence-corrected chi connectivity index (χ4v) is 3.44. The normalized spacial score (nSPS) is 12.4. The van der Waals surface area contributed by atoms with Crippen molar-refractivity contribution in [2.75, 3.05) is 6.79 Å². The highest BCUT2D eigenvalue weighted by Crippen LogP contribution is 2.26. The number of aromatic nitrogens is 3. The van der Waals surface area contributed by atoms with Crippen molar-refractivity contribution in [3.05, 3.63) is 70.8 Å². The summed E-state index contributed by atoms with van der Waals surface area (Å²) >= 11 is 5.97. The molecule has 0 fully saturated rings. The van der Waals surface area contributed by atoms with Crippen molar-refractivity contribution in [1.82, 2.24) is 20.5 Å². The third-order valence-corrected chi connectivity index (χ3v) is 5.20. The molecule has 1 amide bonds. The third-order valence-electron chi connectivity index (χ3n) is 4.97. The summed E-state index contributed by atoms with van der Waals surface area (Å²) in [6.45, 7) is 0.466. The summed E-state index contributed by atoms with van der Waals surface area (Å²) in [5, 5.41) is 29.3.